The summed E-state index contributed by atoms with van der Waals surface area (Å²) < 4.78 is 5.47. The number of ether oxygens (including phenoxy) is 1. The Bertz CT molecular complexity index is 1080. The van der Waals surface area contributed by atoms with E-state index in [2.05, 4.69) is 31.3 Å². The van der Waals surface area contributed by atoms with Gasteiger partial charge < -0.3 is 20.3 Å². The molecule has 0 aliphatic rings. The zero-order valence-electron chi connectivity index (χ0n) is 46.6. The topological polar surface area (TPSA) is 95.9 Å². The van der Waals surface area contributed by atoms with Gasteiger partial charge in [0.05, 0.1) is 25.4 Å². The van der Waals surface area contributed by atoms with E-state index in [1.165, 1.54) is 276 Å². The van der Waals surface area contributed by atoms with Crippen molar-refractivity contribution in [3.63, 3.8) is 0 Å². The lowest BCUT2D eigenvalue weighted by Crippen LogP contribution is -2.45. The molecule has 0 saturated heterocycles. The molecule has 0 heterocycles. The molecule has 0 aliphatic heterocycles. The van der Waals surface area contributed by atoms with Crippen LogP contribution in [0.3, 0.4) is 0 Å². The molecule has 0 radical (unpaired) electrons. The minimum atomic E-state index is -0.846. The van der Waals surface area contributed by atoms with Gasteiger partial charge in [-0.25, -0.2) is 0 Å². The number of nitrogens with one attached hydrogen (secondary N) is 1. The van der Waals surface area contributed by atoms with Gasteiger partial charge in [0.15, 0.2) is 0 Å². The molecule has 0 bridgehead atoms. The van der Waals surface area contributed by atoms with E-state index >= 15 is 0 Å². The molecule has 408 valence electrons. The lowest BCUT2D eigenvalue weighted by Gasteiger charge is -2.20. The fourth-order valence-corrected chi connectivity index (χ4v) is 9.69. The highest BCUT2D eigenvalue weighted by Gasteiger charge is 2.18. The third kappa shape index (κ3) is 55.5. The van der Waals surface area contributed by atoms with Crippen molar-refractivity contribution in [1.29, 1.82) is 0 Å². The smallest absolute Gasteiger partial charge is 0.305 e. The monoisotopic (exact) mass is 972 g/mol. The highest BCUT2D eigenvalue weighted by Crippen LogP contribution is 2.17. The lowest BCUT2D eigenvalue weighted by atomic mass is 10.0. The highest BCUT2D eigenvalue weighted by atomic mass is 16.5. The summed E-state index contributed by atoms with van der Waals surface area (Å²) in [5.74, 6) is -0.0561. The average molecular weight is 973 g/mol. The molecule has 6 nitrogen and oxygen atoms in total. The van der Waals surface area contributed by atoms with Crippen LogP contribution in [0.4, 0.5) is 0 Å². The van der Waals surface area contributed by atoms with E-state index in [1.807, 2.05) is 6.08 Å². The lowest BCUT2D eigenvalue weighted by molar-refractivity contribution is -0.143. The van der Waals surface area contributed by atoms with Crippen LogP contribution in [0.15, 0.2) is 24.3 Å². The second kappa shape index (κ2) is 58.9. The highest BCUT2D eigenvalue weighted by molar-refractivity contribution is 5.76. The van der Waals surface area contributed by atoms with Gasteiger partial charge in [-0.2, -0.15) is 0 Å². The Morgan fingerprint density at radius 3 is 1.03 bits per heavy atom. The maximum absolute atomic E-state index is 12.5. The summed E-state index contributed by atoms with van der Waals surface area (Å²) in [6.45, 7) is 4.92. The number of carbonyl (C=O) groups is 2. The van der Waals surface area contributed by atoms with Crippen molar-refractivity contribution in [1.82, 2.24) is 5.32 Å². The molecule has 6 heteroatoms. The van der Waals surface area contributed by atoms with Gasteiger partial charge in [0.2, 0.25) is 5.91 Å². The van der Waals surface area contributed by atoms with Crippen LogP contribution in [0.5, 0.6) is 0 Å². The van der Waals surface area contributed by atoms with E-state index in [0.29, 0.717) is 19.4 Å². The molecule has 69 heavy (non-hydrogen) atoms. The van der Waals surface area contributed by atoms with Gasteiger partial charge in [-0.15, -0.1) is 0 Å². The molecular formula is C63H121NO5. The first-order valence-electron chi connectivity index (χ1n) is 31.1. The second-order valence-electron chi connectivity index (χ2n) is 21.4. The Kier molecular flexibility index (Phi) is 57.5. The van der Waals surface area contributed by atoms with Crippen LogP contribution in [0.1, 0.15) is 341 Å². The van der Waals surface area contributed by atoms with Crippen LogP contribution in [0.25, 0.3) is 0 Å². The van der Waals surface area contributed by atoms with E-state index in [1.54, 1.807) is 6.08 Å². The van der Waals surface area contributed by atoms with Crippen molar-refractivity contribution in [3.05, 3.63) is 24.3 Å². The summed E-state index contributed by atoms with van der Waals surface area (Å²) in [5.41, 5.74) is 0. The van der Waals surface area contributed by atoms with Crippen molar-refractivity contribution in [3.8, 4) is 0 Å². The molecule has 0 aliphatic carbocycles. The van der Waals surface area contributed by atoms with E-state index < -0.39 is 12.1 Å². The Morgan fingerprint density at radius 2 is 0.681 bits per heavy atom. The van der Waals surface area contributed by atoms with E-state index in [-0.39, 0.29) is 18.5 Å². The van der Waals surface area contributed by atoms with Gasteiger partial charge >= 0.3 is 5.97 Å². The van der Waals surface area contributed by atoms with Gasteiger partial charge in [-0.3, -0.25) is 9.59 Å². The first-order valence-corrected chi connectivity index (χ1v) is 31.1. The van der Waals surface area contributed by atoms with E-state index in [9.17, 15) is 19.8 Å². The Labute approximate surface area is 431 Å². The summed E-state index contributed by atoms with van der Waals surface area (Å²) >= 11 is 0. The predicted octanol–water partition coefficient (Wildman–Crippen LogP) is 19.4. The standard InChI is InChI=1S/C63H121NO5/c1-3-5-7-9-11-13-15-16-17-29-32-36-39-43-47-51-55-61(66)60(59-65)64-62(67)56-52-48-44-40-37-33-30-27-25-23-21-19-18-20-22-24-26-28-31-34-38-42-46-50-54-58-69-63(68)57-53-49-45-41-35-14-12-10-8-6-4-2/h19,21,51,55,60-61,65-66H,3-18,20,22-50,52-54,56-59H2,1-2H3,(H,64,67)/b21-19-,55-51+. The zero-order valence-corrected chi connectivity index (χ0v) is 46.6. The van der Waals surface area contributed by atoms with Crippen molar-refractivity contribution in [2.45, 2.75) is 353 Å². The summed E-state index contributed by atoms with van der Waals surface area (Å²) in [6, 6.07) is -0.630. The first kappa shape index (κ1) is 67.3. The third-order valence-corrected chi connectivity index (χ3v) is 14.5. The number of rotatable bonds is 58. The van der Waals surface area contributed by atoms with Crippen LogP contribution < -0.4 is 5.32 Å². The molecule has 3 N–H and O–H groups in total. The van der Waals surface area contributed by atoms with Gasteiger partial charge in [0.1, 0.15) is 0 Å². The number of esters is 1. The normalized spacial score (nSPS) is 12.7. The molecule has 0 aromatic heterocycles. The number of hydrogen-bond acceptors (Lipinski definition) is 5. The van der Waals surface area contributed by atoms with Crippen LogP contribution in [0, 0.1) is 0 Å². The van der Waals surface area contributed by atoms with Crippen molar-refractivity contribution < 1.29 is 24.5 Å². The Hall–Kier alpha value is -1.66. The fraction of sp³-hybridized carbons (Fsp3) is 0.905. The second-order valence-corrected chi connectivity index (χ2v) is 21.4. The van der Waals surface area contributed by atoms with Crippen LogP contribution in [-0.4, -0.2) is 47.4 Å². The van der Waals surface area contributed by atoms with Gasteiger partial charge in [0.25, 0.3) is 0 Å². The molecule has 2 unspecified atom stereocenters. The number of carbonyl (C=O) groups excluding carboxylic acids is 2. The van der Waals surface area contributed by atoms with Gasteiger partial charge in [-0.1, -0.05) is 295 Å². The maximum Gasteiger partial charge on any atom is 0.305 e. The van der Waals surface area contributed by atoms with Crippen molar-refractivity contribution in [2.24, 2.45) is 0 Å². The molecule has 1 amide bonds. The number of aliphatic hydroxyl groups excluding tert-OH is 2. The van der Waals surface area contributed by atoms with Crippen LogP contribution in [0.2, 0.25) is 0 Å². The van der Waals surface area contributed by atoms with E-state index in [4.69, 9.17) is 4.74 Å². The minimum Gasteiger partial charge on any atom is -0.466 e. The largest absolute Gasteiger partial charge is 0.466 e. The number of hydrogen-bond donors (Lipinski definition) is 3. The zero-order chi connectivity index (χ0) is 50.0. The van der Waals surface area contributed by atoms with E-state index in [0.717, 1.165) is 38.5 Å². The SMILES string of the molecule is CCCCCCCCCCCCCCCC/C=C/C(O)C(CO)NC(=O)CCCCCCCCCCC/C=C\CCCCCCCCCCCCCCOC(=O)CCCCCCCCCCCCC. The molecule has 0 fully saturated rings. The molecular weight excluding hydrogens is 851 g/mol. The molecule has 0 aromatic rings. The maximum atomic E-state index is 12.5. The van der Waals surface area contributed by atoms with Gasteiger partial charge in [0, 0.05) is 12.8 Å². The number of aliphatic hydroxyl groups is 2. The number of amides is 1. The van der Waals surface area contributed by atoms with Crippen LogP contribution >= 0.6 is 0 Å². The molecule has 0 aromatic carbocycles. The van der Waals surface area contributed by atoms with Gasteiger partial charge in [-0.05, 0) is 57.8 Å². The minimum absolute atomic E-state index is 0.0129. The molecule has 0 rings (SSSR count). The van der Waals surface area contributed by atoms with Crippen LogP contribution in [-0.2, 0) is 14.3 Å². The Morgan fingerprint density at radius 1 is 0.391 bits per heavy atom. The summed E-state index contributed by atoms with van der Waals surface area (Å²) in [7, 11) is 0. The first-order chi connectivity index (χ1) is 34.0. The number of unbranched alkanes of at least 4 members (excludes halogenated alkanes) is 45. The van der Waals surface area contributed by atoms with Crippen molar-refractivity contribution >= 4 is 11.9 Å². The average Bonchev–Trinajstić information content (AvgIpc) is 3.35. The summed E-state index contributed by atoms with van der Waals surface area (Å²) in [4.78, 5) is 24.5. The molecule has 2 atom stereocenters. The Balaban J connectivity index is 3.42. The quantitative estimate of drug-likeness (QED) is 0.0321. The summed E-state index contributed by atoms with van der Waals surface area (Å²) in [6.07, 6.45) is 72.2. The third-order valence-electron chi connectivity index (χ3n) is 14.5. The summed E-state index contributed by atoms with van der Waals surface area (Å²) in [5, 5.41) is 23.1. The molecule has 0 spiro atoms. The van der Waals surface area contributed by atoms with Crippen molar-refractivity contribution in [2.75, 3.05) is 13.2 Å². The predicted molar refractivity (Wildman–Crippen MR) is 301 cm³/mol. The molecule has 0 saturated carbocycles. The fourth-order valence-electron chi connectivity index (χ4n) is 9.69. The number of allylic oxidation sites excluding steroid dienone is 3.